The molecule has 0 aliphatic carbocycles. The molecule has 0 saturated carbocycles. The maximum atomic E-state index is 4.46. The molecule has 1 aromatic heterocycles. The molecular weight excluding hydrogens is 212 g/mol. The highest BCUT2D eigenvalue weighted by Gasteiger charge is 2.09. The molecule has 0 aromatic carbocycles. The lowest BCUT2D eigenvalue weighted by Gasteiger charge is -2.15. The van der Waals surface area contributed by atoms with Gasteiger partial charge in [-0.1, -0.05) is 20.3 Å². The van der Waals surface area contributed by atoms with Gasteiger partial charge in [0.25, 0.3) is 0 Å². The zero-order chi connectivity index (χ0) is 12.8. The summed E-state index contributed by atoms with van der Waals surface area (Å²) in [6.45, 7) is 12.3. The van der Waals surface area contributed by atoms with Crippen LogP contribution in [0.2, 0.25) is 0 Å². The highest BCUT2D eigenvalue weighted by Crippen LogP contribution is 2.20. The summed E-state index contributed by atoms with van der Waals surface area (Å²) in [4.78, 5) is 8.87. The number of hydrogen-bond acceptors (Lipinski definition) is 4. The summed E-state index contributed by atoms with van der Waals surface area (Å²) < 4.78 is 0. The van der Waals surface area contributed by atoms with Crippen molar-refractivity contribution in [1.82, 2.24) is 9.97 Å². The van der Waals surface area contributed by atoms with Crippen LogP contribution in [0.1, 0.15) is 38.6 Å². The first-order valence-corrected chi connectivity index (χ1v) is 6.41. The van der Waals surface area contributed by atoms with E-state index in [1.165, 1.54) is 6.42 Å². The van der Waals surface area contributed by atoms with E-state index in [4.69, 9.17) is 0 Å². The number of nitrogens with one attached hydrogen (secondary N) is 2. The van der Waals surface area contributed by atoms with E-state index in [1.807, 2.05) is 6.92 Å². The summed E-state index contributed by atoms with van der Waals surface area (Å²) in [5, 5.41) is 6.68. The van der Waals surface area contributed by atoms with Crippen molar-refractivity contribution in [3.05, 3.63) is 11.4 Å². The van der Waals surface area contributed by atoms with Crippen LogP contribution in [0.3, 0.4) is 0 Å². The predicted octanol–water partition coefficient (Wildman–Crippen LogP) is 2.98. The Labute approximate surface area is 104 Å². The summed E-state index contributed by atoms with van der Waals surface area (Å²) in [5.41, 5.74) is 1.10. The lowest BCUT2D eigenvalue weighted by atomic mass is 10.1. The van der Waals surface area contributed by atoms with Crippen LogP contribution in [0, 0.1) is 19.8 Å². The van der Waals surface area contributed by atoms with Crippen molar-refractivity contribution in [3.63, 3.8) is 0 Å². The van der Waals surface area contributed by atoms with Crippen molar-refractivity contribution in [2.24, 2.45) is 5.92 Å². The maximum Gasteiger partial charge on any atom is 0.134 e. The van der Waals surface area contributed by atoms with Gasteiger partial charge in [-0.25, -0.2) is 9.97 Å². The molecule has 0 aliphatic rings. The third-order valence-electron chi connectivity index (χ3n) is 2.92. The van der Waals surface area contributed by atoms with Crippen molar-refractivity contribution in [2.45, 2.75) is 41.0 Å². The van der Waals surface area contributed by atoms with E-state index >= 15 is 0 Å². The molecule has 96 valence electrons. The van der Waals surface area contributed by atoms with Gasteiger partial charge in [-0.05, 0) is 26.7 Å². The molecule has 1 heterocycles. The largest absolute Gasteiger partial charge is 0.370 e. The van der Waals surface area contributed by atoms with Crippen molar-refractivity contribution >= 4 is 11.6 Å². The first-order chi connectivity index (χ1) is 8.08. The Bertz CT molecular complexity index is 363. The van der Waals surface area contributed by atoms with Gasteiger partial charge in [0, 0.05) is 18.7 Å². The minimum absolute atomic E-state index is 0.659. The minimum atomic E-state index is 0.659. The molecule has 1 unspecified atom stereocenters. The molecule has 17 heavy (non-hydrogen) atoms. The second-order valence-corrected chi connectivity index (χ2v) is 4.52. The van der Waals surface area contributed by atoms with Gasteiger partial charge in [0.15, 0.2) is 0 Å². The molecule has 0 saturated heterocycles. The van der Waals surface area contributed by atoms with E-state index in [-0.39, 0.29) is 0 Å². The van der Waals surface area contributed by atoms with Crippen molar-refractivity contribution < 1.29 is 0 Å². The second-order valence-electron chi connectivity index (χ2n) is 4.52. The highest BCUT2D eigenvalue weighted by molar-refractivity contribution is 5.57. The van der Waals surface area contributed by atoms with Crippen LogP contribution in [-0.2, 0) is 0 Å². The lowest BCUT2D eigenvalue weighted by Crippen LogP contribution is -2.14. The molecule has 4 nitrogen and oxygen atoms in total. The zero-order valence-corrected chi connectivity index (χ0v) is 11.6. The Balaban J connectivity index is 2.83. The Morgan fingerprint density at radius 2 is 1.65 bits per heavy atom. The van der Waals surface area contributed by atoms with Crippen LogP contribution < -0.4 is 10.6 Å². The Kier molecular flexibility index (Phi) is 5.19. The molecule has 1 rings (SSSR count). The summed E-state index contributed by atoms with van der Waals surface area (Å²) in [6.07, 6.45) is 1.18. The van der Waals surface area contributed by atoms with Crippen molar-refractivity contribution in [2.75, 3.05) is 23.7 Å². The van der Waals surface area contributed by atoms with Crippen LogP contribution in [0.25, 0.3) is 0 Å². The van der Waals surface area contributed by atoms with E-state index in [0.29, 0.717) is 5.92 Å². The topological polar surface area (TPSA) is 49.8 Å². The van der Waals surface area contributed by atoms with Crippen LogP contribution in [0.4, 0.5) is 11.6 Å². The number of rotatable bonds is 6. The molecule has 0 fully saturated rings. The normalized spacial score (nSPS) is 12.3. The Morgan fingerprint density at radius 3 is 2.18 bits per heavy atom. The van der Waals surface area contributed by atoms with Crippen molar-refractivity contribution in [1.29, 1.82) is 0 Å². The third-order valence-corrected chi connectivity index (χ3v) is 2.92. The van der Waals surface area contributed by atoms with Crippen LogP contribution in [-0.4, -0.2) is 23.1 Å². The van der Waals surface area contributed by atoms with Gasteiger partial charge in [-0.2, -0.15) is 0 Å². The lowest BCUT2D eigenvalue weighted by molar-refractivity contribution is 0.592. The predicted molar refractivity (Wildman–Crippen MR) is 73.6 cm³/mol. The fourth-order valence-electron chi connectivity index (χ4n) is 1.56. The minimum Gasteiger partial charge on any atom is -0.370 e. The van der Waals surface area contributed by atoms with E-state index in [1.54, 1.807) is 0 Å². The molecule has 1 atom stereocenters. The van der Waals surface area contributed by atoms with E-state index in [9.17, 15) is 0 Å². The quantitative estimate of drug-likeness (QED) is 0.797. The van der Waals surface area contributed by atoms with Gasteiger partial charge in [0.2, 0.25) is 0 Å². The zero-order valence-electron chi connectivity index (χ0n) is 11.6. The van der Waals surface area contributed by atoms with Crippen LogP contribution in [0.15, 0.2) is 0 Å². The van der Waals surface area contributed by atoms with Crippen LogP contribution in [0.5, 0.6) is 0 Å². The van der Waals surface area contributed by atoms with Gasteiger partial charge in [-0.15, -0.1) is 0 Å². The number of nitrogens with zero attached hydrogens (tertiary/aromatic N) is 2. The number of aromatic nitrogens is 2. The monoisotopic (exact) mass is 236 g/mol. The highest BCUT2D eigenvalue weighted by atomic mass is 15.1. The van der Waals surface area contributed by atoms with E-state index in [0.717, 1.165) is 36.1 Å². The van der Waals surface area contributed by atoms with Crippen molar-refractivity contribution in [3.8, 4) is 0 Å². The fraction of sp³-hybridized carbons (Fsp3) is 0.692. The molecule has 0 spiro atoms. The van der Waals surface area contributed by atoms with E-state index < -0.39 is 0 Å². The smallest absolute Gasteiger partial charge is 0.134 e. The molecule has 1 aromatic rings. The van der Waals surface area contributed by atoms with Crippen LogP contribution >= 0.6 is 0 Å². The molecule has 0 radical (unpaired) electrons. The molecule has 2 N–H and O–H groups in total. The molecule has 0 aliphatic heterocycles. The summed E-state index contributed by atoms with van der Waals surface area (Å²) >= 11 is 0. The average Bonchev–Trinajstić information content (AvgIpc) is 2.31. The van der Waals surface area contributed by atoms with Gasteiger partial charge < -0.3 is 10.6 Å². The first kappa shape index (κ1) is 13.7. The standard InChI is InChI=1S/C13H24N4/c1-6-9(3)8-15-13-10(4)12(14-7-2)16-11(5)17-13/h9H,6-8H2,1-5H3,(H2,14,15,16,17). The average molecular weight is 236 g/mol. The van der Waals surface area contributed by atoms with Gasteiger partial charge in [0.05, 0.1) is 0 Å². The van der Waals surface area contributed by atoms with Gasteiger partial charge >= 0.3 is 0 Å². The SMILES string of the molecule is CCNc1nc(C)nc(NCC(C)CC)c1C. The summed E-state index contributed by atoms with van der Waals surface area (Å²) in [5.74, 6) is 3.35. The summed E-state index contributed by atoms with van der Waals surface area (Å²) in [7, 11) is 0. The van der Waals surface area contributed by atoms with Gasteiger partial charge in [-0.3, -0.25) is 0 Å². The molecule has 0 amide bonds. The Hall–Kier alpha value is -1.32. The van der Waals surface area contributed by atoms with E-state index in [2.05, 4.69) is 48.3 Å². The number of anilines is 2. The Morgan fingerprint density at radius 1 is 1.06 bits per heavy atom. The molecule has 4 heteroatoms. The number of aryl methyl sites for hydroxylation is 1. The molecule has 0 bridgehead atoms. The van der Waals surface area contributed by atoms with Gasteiger partial charge in [0.1, 0.15) is 17.5 Å². The summed E-state index contributed by atoms with van der Waals surface area (Å²) in [6, 6.07) is 0. The third kappa shape index (κ3) is 3.88. The number of hydrogen-bond donors (Lipinski definition) is 2. The molecular formula is C13H24N4. The fourth-order valence-corrected chi connectivity index (χ4v) is 1.56. The maximum absolute atomic E-state index is 4.46. The second kappa shape index (κ2) is 6.42. The first-order valence-electron chi connectivity index (χ1n) is 6.41.